The molecule has 2 bridgehead atoms. The molecule has 0 aliphatic carbocycles. The fraction of sp³-hybridized carbons (Fsp3) is 0.250. The van der Waals surface area contributed by atoms with Gasteiger partial charge < -0.3 is 9.47 Å². The van der Waals surface area contributed by atoms with Crippen molar-refractivity contribution < 1.29 is 14.3 Å². The number of amides is 1. The van der Waals surface area contributed by atoms with Crippen LogP contribution in [-0.2, 0) is 18.0 Å². The summed E-state index contributed by atoms with van der Waals surface area (Å²) in [6.07, 6.45) is 4.87. The van der Waals surface area contributed by atoms with Crippen molar-refractivity contribution in [2.45, 2.75) is 44.6 Å². The van der Waals surface area contributed by atoms with Gasteiger partial charge in [-0.2, -0.15) is 0 Å². The van der Waals surface area contributed by atoms with Crippen LogP contribution < -0.4 is 4.74 Å². The van der Waals surface area contributed by atoms with Gasteiger partial charge in [0.1, 0.15) is 19.0 Å². The summed E-state index contributed by atoms with van der Waals surface area (Å²) in [5, 5.41) is 0. The Morgan fingerprint density at radius 3 is 2.28 bits per heavy atom. The Morgan fingerprint density at radius 1 is 0.844 bits per heavy atom. The van der Waals surface area contributed by atoms with Crippen LogP contribution in [0.15, 0.2) is 91.0 Å². The molecule has 2 unspecified atom stereocenters. The van der Waals surface area contributed by atoms with Crippen molar-refractivity contribution in [1.29, 1.82) is 0 Å². The molecule has 5 rings (SSSR count). The summed E-state index contributed by atoms with van der Waals surface area (Å²) in [5.41, 5.74) is 4.62. The van der Waals surface area contributed by atoms with Crippen molar-refractivity contribution >= 4 is 11.7 Å². The standard InChI is InChI=1S/C28H27NO3/c30-28(32-20-22-10-5-2-6-11-22)29-25-14-15-26(29)17-24(16-25)23-12-7-13-27(18-23)31-19-21-8-3-1-4-9-21/h1-13,16,18,25-26H,14-15,17,19-20H2. The van der Waals surface area contributed by atoms with Gasteiger partial charge in [0.05, 0.1) is 6.04 Å². The molecule has 0 saturated carbocycles. The van der Waals surface area contributed by atoms with Crippen molar-refractivity contribution in [3.05, 3.63) is 108 Å². The van der Waals surface area contributed by atoms with E-state index in [4.69, 9.17) is 9.47 Å². The molecule has 32 heavy (non-hydrogen) atoms. The van der Waals surface area contributed by atoms with E-state index in [1.165, 1.54) is 11.1 Å². The summed E-state index contributed by atoms with van der Waals surface area (Å²) in [7, 11) is 0. The maximum atomic E-state index is 12.8. The lowest BCUT2D eigenvalue weighted by Crippen LogP contribution is -2.43. The Bertz CT molecular complexity index is 1090. The van der Waals surface area contributed by atoms with Crippen molar-refractivity contribution in [3.8, 4) is 5.75 Å². The first-order valence-electron chi connectivity index (χ1n) is 11.2. The largest absolute Gasteiger partial charge is 0.489 e. The van der Waals surface area contributed by atoms with Gasteiger partial charge in [-0.25, -0.2) is 4.79 Å². The number of carbonyl (C=O) groups is 1. The average Bonchev–Trinajstić information content (AvgIpc) is 3.12. The molecular formula is C28H27NO3. The predicted octanol–water partition coefficient (Wildman–Crippen LogP) is 6.22. The van der Waals surface area contributed by atoms with E-state index in [1.54, 1.807) is 0 Å². The van der Waals surface area contributed by atoms with E-state index >= 15 is 0 Å². The normalized spacial score (nSPS) is 19.4. The van der Waals surface area contributed by atoms with Gasteiger partial charge >= 0.3 is 6.09 Å². The first kappa shape index (κ1) is 20.4. The first-order chi connectivity index (χ1) is 15.8. The van der Waals surface area contributed by atoms with E-state index in [0.717, 1.165) is 36.1 Å². The van der Waals surface area contributed by atoms with Crippen molar-refractivity contribution in [3.63, 3.8) is 0 Å². The number of fused-ring (bicyclic) bond motifs is 2. The molecule has 0 radical (unpaired) electrons. The van der Waals surface area contributed by atoms with Crippen molar-refractivity contribution in [1.82, 2.24) is 4.90 Å². The van der Waals surface area contributed by atoms with E-state index in [0.29, 0.717) is 13.2 Å². The molecule has 162 valence electrons. The fourth-order valence-corrected chi connectivity index (χ4v) is 4.65. The van der Waals surface area contributed by atoms with E-state index in [1.807, 2.05) is 65.6 Å². The van der Waals surface area contributed by atoms with Crippen molar-refractivity contribution in [2.24, 2.45) is 0 Å². The second kappa shape index (κ2) is 9.31. The van der Waals surface area contributed by atoms with Gasteiger partial charge in [0.25, 0.3) is 0 Å². The zero-order valence-corrected chi connectivity index (χ0v) is 18.0. The molecule has 0 aromatic heterocycles. The SMILES string of the molecule is O=C(OCc1ccccc1)N1C2C=C(c3cccc(OCc4ccccc4)c3)CC1CC2. The van der Waals surface area contributed by atoms with Crippen LogP contribution in [0.2, 0.25) is 0 Å². The smallest absolute Gasteiger partial charge is 0.410 e. The van der Waals surface area contributed by atoms with Gasteiger partial charge in [-0.05, 0) is 53.7 Å². The molecule has 0 N–H and O–H groups in total. The zero-order chi connectivity index (χ0) is 21.8. The first-order valence-corrected chi connectivity index (χ1v) is 11.2. The lowest BCUT2D eigenvalue weighted by atomic mass is 9.95. The van der Waals surface area contributed by atoms with Gasteiger partial charge in [0.2, 0.25) is 0 Å². The number of benzene rings is 3. The van der Waals surface area contributed by atoms with Crippen LogP contribution in [0.4, 0.5) is 4.79 Å². The van der Waals surface area contributed by atoms with Gasteiger partial charge in [0, 0.05) is 6.04 Å². The zero-order valence-electron chi connectivity index (χ0n) is 18.0. The number of carbonyl (C=O) groups excluding carboxylic acids is 1. The second-order valence-corrected chi connectivity index (χ2v) is 8.44. The highest BCUT2D eigenvalue weighted by molar-refractivity contribution is 5.75. The van der Waals surface area contributed by atoms with Crippen LogP contribution in [0, 0.1) is 0 Å². The van der Waals surface area contributed by atoms with Crippen LogP contribution in [-0.4, -0.2) is 23.1 Å². The minimum absolute atomic E-state index is 0.0981. The monoisotopic (exact) mass is 425 g/mol. The molecular weight excluding hydrogens is 398 g/mol. The van der Waals surface area contributed by atoms with E-state index in [-0.39, 0.29) is 18.2 Å². The molecule has 3 aromatic carbocycles. The highest BCUT2D eigenvalue weighted by atomic mass is 16.6. The summed E-state index contributed by atoms with van der Waals surface area (Å²) >= 11 is 0. The molecule has 2 aliphatic rings. The lowest BCUT2D eigenvalue weighted by molar-refractivity contribution is 0.0832. The Labute approximate surface area is 189 Å². The van der Waals surface area contributed by atoms with Gasteiger partial charge in [-0.1, -0.05) is 78.9 Å². The molecule has 3 aromatic rings. The van der Waals surface area contributed by atoms with Crippen LogP contribution >= 0.6 is 0 Å². The van der Waals surface area contributed by atoms with Gasteiger partial charge in [-0.15, -0.1) is 0 Å². The molecule has 4 nitrogen and oxygen atoms in total. The summed E-state index contributed by atoms with van der Waals surface area (Å²) in [4.78, 5) is 14.7. The Morgan fingerprint density at radius 2 is 1.56 bits per heavy atom. The lowest BCUT2D eigenvalue weighted by Gasteiger charge is -2.33. The Kier molecular flexibility index (Phi) is 5.93. The molecule has 1 amide bonds. The van der Waals surface area contributed by atoms with E-state index in [9.17, 15) is 4.79 Å². The molecule has 1 fully saturated rings. The second-order valence-electron chi connectivity index (χ2n) is 8.44. The molecule has 4 heteroatoms. The molecule has 2 heterocycles. The summed E-state index contributed by atoms with van der Waals surface area (Å²) in [5.74, 6) is 0.865. The summed E-state index contributed by atoms with van der Waals surface area (Å²) in [6, 6.07) is 28.6. The Hall–Kier alpha value is -3.53. The third-order valence-electron chi connectivity index (χ3n) is 6.26. The third kappa shape index (κ3) is 4.54. The van der Waals surface area contributed by atoms with Gasteiger partial charge in [-0.3, -0.25) is 4.90 Å². The average molecular weight is 426 g/mol. The summed E-state index contributed by atoms with van der Waals surface area (Å²) < 4.78 is 11.6. The van der Waals surface area contributed by atoms with Crippen LogP contribution in [0.1, 0.15) is 36.0 Å². The fourth-order valence-electron chi connectivity index (χ4n) is 4.65. The topological polar surface area (TPSA) is 38.8 Å². The van der Waals surface area contributed by atoms with Crippen molar-refractivity contribution in [2.75, 3.05) is 0 Å². The molecule has 0 spiro atoms. The van der Waals surface area contributed by atoms with E-state index < -0.39 is 0 Å². The van der Waals surface area contributed by atoms with Crippen LogP contribution in [0.25, 0.3) is 5.57 Å². The predicted molar refractivity (Wildman–Crippen MR) is 125 cm³/mol. The maximum Gasteiger partial charge on any atom is 0.410 e. The minimum atomic E-state index is -0.211. The van der Waals surface area contributed by atoms with Crippen LogP contribution in [0.5, 0.6) is 5.75 Å². The third-order valence-corrected chi connectivity index (χ3v) is 6.26. The highest BCUT2D eigenvalue weighted by Gasteiger charge is 2.40. The van der Waals surface area contributed by atoms with Gasteiger partial charge in [0.15, 0.2) is 0 Å². The molecule has 2 atom stereocenters. The maximum absolute atomic E-state index is 12.8. The number of hydrogen-bond donors (Lipinski definition) is 0. The molecule has 2 aliphatic heterocycles. The van der Waals surface area contributed by atoms with E-state index in [2.05, 4.69) is 30.3 Å². The summed E-state index contributed by atoms with van der Waals surface area (Å²) in [6.45, 7) is 0.864. The highest BCUT2D eigenvalue weighted by Crippen LogP contribution is 2.39. The Balaban J connectivity index is 1.25. The number of nitrogens with zero attached hydrogens (tertiary/aromatic N) is 1. The minimum Gasteiger partial charge on any atom is -0.489 e. The number of ether oxygens (including phenoxy) is 2. The molecule has 1 saturated heterocycles. The quantitative estimate of drug-likeness (QED) is 0.470. The van der Waals surface area contributed by atoms with Crippen LogP contribution in [0.3, 0.4) is 0 Å². The number of hydrogen-bond acceptors (Lipinski definition) is 3. The number of rotatable bonds is 6.